The summed E-state index contributed by atoms with van der Waals surface area (Å²) in [7, 11) is 0. The lowest BCUT2D eigenvalue weighted by molar-refractivity contribution is 0.0989. The van der Waals surface area contributed by atoms with E-state index in [1.807, 2.05) is 78.9 Å². The number of anilines is 3. The summed E-state index contributed by atoms with van der Waals surface area (Å²) >= 11 is 0. The number of nitrogens with zero attached hydrogens (tertiary/aromatic N) is 1. The van der Waals surface area contributed by atoms with Gasteiger partial charge in [-0.15, -0.1) is 0 Å². The molecule has 3 aromatic carbocycles. The van der Waals surface area contributed by atoms with E-state index in [-0.39, 0.29) is 11.9 Å². The van der Waals surface area contributed by atoms with Gasteiger partial charge in [0.05, 0.1) is 0 Å². The Morgan fingerprint density at radius 3 is 2.19 bits per heavy atom. The number of urea groups is 1. The molecule has 0 aromatic heterocycles. The molecule has 0 atom stereocenters. The van der Waals surface area contributed by atoms with Gasteiger partial charge in [0.1, 0.15) is 0 Å². The summed E-state index contributed by atoms with van der Waals surface area (Å²) in [5, 5.41) is 5.62. The average Bonchev–Trinajstić information content (AvgIpc) is 3.12. The molecule has 3 amide bonds. The summed E-state index contributed by atoms with van der Waals surface area (Å²) in [5.74, 6) is -0.0276. The average molecular weight is 357 g/mol. The minimum absolute atomic E-state index is 0.0276. The normalized spacial score (nSPS) is 12.4. The van der Waals surface area contributed by atoms with Gasteiger partial charge >= 0.3 is 6.03 Å². The van der Waals surface area contributed by atoms with E-state index in [9.17, 15) is 9.59 Å². The van der Waals surface area contributed by atoms with E-state index in [2.05, 4.69) is 10.6 Å². The number of nitrogens with one attached hydrogen (secondary N) is 2. The van der Waals surface area contributed by atoms with Gasteiger partial charge in [-0.05, 0) is 48.4 Å². The smallest absolute Gasteiger partial charge is 0.308 e. The van der Waals surface area contributed by atoms with Crippen LogP contribution >= 0.6 is 0 Å². The third-order valence-corrected chi connectivity index (χ3v) is 4.54. The summed E-state index contributed by atoms with van der Waals surface area (Å²) in [6.45, 7) is 0.642. The molecule has 1 heterocycles. The highest BCUT2D eigenvalue weighted by molar-refractivity contribution is 6.08. The zero-order chi connectivity index (χ0) is 18.6. The van der Waals surface area contributed by atoms with E-state index in [0.29, 0.717) is 17.8 Å². The van der Waals surface area contributed by atoms with Crippen LogP contribution in [0.4, 0.5) is 21.9 Å². The van der Waals surface area contributed by atoms with Crippen molar-refractivity contribution in [2.24, 2.45) is 0 Å². The molecule has 134 valence electrons. The largest absolute Gasteiger partial charge is 0.323 e. The molecule has 1 aliphatic rings. The zero-order valence-corrected chi connectivity index (χ0v) is 14.7. The van der Waals surface area contributed by atoms with Crippen molar-refractivity contribution in [3.63, 3.8) is 0 Å². The minimum atomic E-state index is -0.319. The number of fused-ring (bicyclic) bond motifs is 1. The lowest BCUT2D eigenvalue weighted by Gasteiger charge is -2.18. The fourth-order valence-corrected chi connectivity index (χ4v) is 3.22. The monoisotopic (exact) mass is 357 g/mol. The van der Waals surface area contributed by atoms with E-state index in [4.69, 9.17) is 0 Å². The Balaban J connectivity index is 1.51. The zero-order valence-electron chi connectivity index (χ0n) is 14.7. The predicted molar refractivity (Wildman–Crippen MR) is 107 cm³/mol. The Bertz CT molecular complexity index is 971. The van der Waals surface area contributed by atoms with Crippen molar-refractivity contribution in [2.45, 2.75) is 6.42 Å². The summed E-state index contributed by atoms with van der Waals surface area (Å²) in [6, 6.07) is 23.8. The van der Waals surface area contributed by atoms with Gasteiger partial charge in [0, 0.05) is 29.2 Å². The van der Waals surface area contributed by atoms with Gasteiger partial charge in [-0.25, -0.2) is 4.79 Å². The first-order valence-corrected chi connectivity index (χ1v) is 8.83. The number of hydrogen-bond donors (Lipinski definition) is 2. The van der Waals surface area contributed by atoms with Crippen LogP contribution in [-0.2, 0) is 6.42 Å². The van der Waals surface area contributed by atoms with Crippen molar-refractivity contribution in [3.05, 3.63) is 90.0 Å². The Morgan fingerprint density at radius 1 is 0.778 bits per heavy atom. The van der Waals surface area contributed by atoms with Crippen LogP contribution in [0.2, 0.25) is 0 Å². The molecule has 5 heteroatoms. The van der Waals surface area contributed by atoms with Gasteiger partial charge in [-0.3, -0.25) is 4.79 Å². The van der Waals surface area contributed by atoms with Crippen LogP contribution in [0, 0.1) is 0 Å². The van der Waals surface area contributed by atoms with Crippen LogP contribution in [0.5, 0.6) is 0 Å². The van der Waals surface area contributed by atoms with Crippen molar-refractivity contribution in [3.8, 4) is 0 Å². The van der Waals surface area contributed by atoms with Gasteiger partial charge in [-0.2, -0.15) is 0 Å². The summed E-state index contributed by atoms with van der Waals surface area (Å²) in [4.78, 5) is 26.8. The highest BCUT2D eigenvalue weighted by atomic mass is 16.2. The second-order valence-corrected chi connectivity index (χ2v) is 6.36. The molecule has 27 heavy (non-hydrogen) atoms. The fourth-order valence-electron chi connectivity index (χ4n) is 3.22. The number of hydrogen-bond acceptors (Lipinski definition) is 2. The van der Waals surface area contributed by atoms with Crippen LogP contribution in [0.15, 0.2) is 78.9 Å². The Kier molecular flexibility index (Phi) is 4.58. The molecule has 0 spiro atoms. The van der Waals surface area contributed by atoms with Crippen molar-refractivity contribution in [1.29, 1.82) is 0 Å². The molecule has 2 N–H and O–H groups in total. The molecule has 0 bridgehead atoms. The van der Waals surface area contributed by atoms with Gasteiger partial charge in [0.25, 0.3) is 5.91 Å². The van der Waals surface area contributed by atoms with E-state index in [0.717, 1.165) is 23.4 Å². The summed E-state index contributed by atoms with van der Waals surface area (Å²) in [6.07, 6.45) is 0.810. The number of carbonyl (C=O) groups excluding carboxylic acids is 2. The highest BCUT2D eigenvalue weighted by Gasteiger charge is 2.25. The van der Waals surface area contributed by atoms with E-state index < -0.39 is 0 Å². The molecule has 0 radical (unpaired) electrons. The third-order valence-electron chi connectivity index (χ3n) is 4.54. The number of para-hydroxylation sites is 1. The van der Waals surface area contributed by atoms with Crippen molar-refractivity contribution in [1.82, 2.24) is 0 Å². The van der Waals surface area contributed by atoms with Crippen LogP contribution < -0.4 is 15.5 Å². The van der Waals surface area contributed by atoms with E-state index in [1.54, 1.807) is 4.90 Å². The highest BCUT2D eigenvalue weighted by Crippen LogP contribution is 2.32. The number of amides is 3. The van der Waals surface area contributed by atoms with Crippen molar-refractivity contribution < 1.29 is 9.59 Å². The maximum atomic E-state index is 12.8. The second kappa shape index (κ2) is 7.33. The molecule has 0 saturated carbocycles. The number of carbonyl (C=O) groups is 2. The lowest BCUT2D eigenvalue weighted by atomic mass is 10.1. The maximum absolute atomic E-state index is 12.8. The lowest BCUT2D eigenvalue weighted by Crippen LogP contribution is -2.29. The molecule has 0 fully saturated rings. The Hall–Kier alpha value is -3.60. The molecule has 3 aromatic rings. The van der Waals surface area contributed by atoms with E-state index >= 15 is 0 Å². The first-order valence-electron chi connectivity index (χ1n) is 8.83. The molecule has 1 aliphatic heterocycles. The summed E-state index contributed by atoms with van der Waals surface area (Å²) < 4.78 is 0. The molecule has 0 aliphatic carbocycles. The van der Waals surface area contributed by atoms with Crippen molar-refractivity contribution >= 4 is 29.0 Å². The van der Waals surface area contributed by atoms with Gasteiger partial charge in [-0.1, -0.05) is 42.5 Å². The standard InChI is InChI=1S/C22H19N3O2/c26-21(17-7-3-1-4-8-17)25-14-13-16-11-12-19(15-20(16)25)24-22(27)23-18-9-5-2-6-10-18/h1-12,15H,13-14H2,(H2,23,24,27). The molecular weight excluding hydrogens is 338 g/mol. The maximum Gasteiger partial charge on any atom is 0.323 e. The Labute approximate surface area is 157 Å². The Morgan fingerprint density at radius 2 is 1.44 bits per heavy atom. The van der Waals surface area contributed by atoms with Crippen LogP contribution in [0.25, 0.3) is 0 Å². The van der Waals surface area contributed by atoms with Crippen LogP contribution in [-0.4, -0.2) is 18.5 Å². The molecule has 0 unspecified atom stereocenters. The quantitative estimate of drug-likeness (QED) is 0.723. The van der Waals surface area contributed by atoms with Gasteiger partial charge in [0.2, 0.25) is 0 Å². The second-order valence-electron chi connectivity index (χ2n) is 6.36. The summed E-state index contributed by atoms with van der Waals surface area (Å²) in [5.41, 5.74) is 3.98. The van der Waals surface area contributed by atoms with Crippen LogP contribution in [0.1, 0.15) is 15.9 Å². The molecular formula is C22H19N3O2. The predicted octanol–water partition coefficient (Wildman–Crippen LogP) is 4.53. The third kappa shape index (κ3) is 3.67. The fraction of sp³-hybridized carbons (Fsp3) is 0.0909. The van der Waals surface area contributed by atoms with E-state index in [1.165, 1.54) is 0 Å². The molecule has 0 saturated heterocycles. The van der Waals surface area contributed by atoms with Crippen molar-refractivity contribution in [2.75, 3.05) is 22.1 Å². The minimum Gasteiger partial charge on any atom is -0.308 e. The first-order chi connectivity index (χ1) is 13.2. The topological polar surface area (TPSA) is 61.4 Å². The molecule has 5 nitrogen and oxygen atoms in total. The first kappa shape index (κ1) is 16.8. The molecule has 4 rings (SSSR count). The van der Waals surface area contributed by atoms with Crippen LogP contribution in [0.3, 0.4) is 0 Å². The number of benzene rings is 3. The van der Waals surface area contributed by atoms with Gasteiger partial charge in [0.15, 0.2) is 0 Å². The SMILES string of the molecule is O=C(Nc1ccccc1)Nc1ccc2c(c1)N(C(=O)c1ccccc1)CC2. The van der Waals surface area contributed by atoms with Gasteiger partial charge < -0.3 is 15.5 Å². The number of rotatable bonds is 3.